The Kier molecular flexibility index (Phi) is 6.33. The summed E-state index contributed by atoms with van der Waals surface area (Å²) in [5, 5.41) is 19.8. The molecule has 0 amide bonds. The summed E-state index contributed by atoms with van der Waals surface area (Å²) in [6.45, 7) is 5.63. The lowest BCUT2D eigenvalue weighted by atomic mass is 9.87. The van der Waals surface area contributed by atoms with Crippen LogP contribution in [0.4, 0.5) is 11.5 Å². The third kappa shape index (κ3) is 4.75. The maximum atomic E-state index is 10.2. The van der Waals surface area contributed by atoms with Gasteiger partial charge in [0.05, 0.1) is 35.9 Å². The van der Waals surface area contributed by atoms with Crippen molar-refractivity contribution in [1.82, 2.24) is 19.9 Å². The number of pyridine rings is 3. The number of ether oxygens (including phenoxy) is 1. The molecule has 4 saturated heterocycles. The van der Waals surface area contributed by atoms with Crippen molar-refractivity contribution in [3.63, 3.8) is 0 Å². The number of nitriles is 1. The number of nitrogens with two attached hydrogens (primary N) is 1. The van der Waals surface area contributed by atoms with Gasteiger partial charge in [0.15, 0.2) is 0 Å². The highest BCUT2D eigenvalue weighted by Crippen LogP contribution is 2.37. The van der Waals surface area contributed by atoms with E-state index in [9.17, 15) is 10.4 Å². The monoisotopic (exact) mass is 524 g/mol. The van der Waals surface area contributed by atoms with E-state index >= 15 is 0 Å². The number of aromatic nitrogens is 3. The molecule has 2 atom stereocenters. The molecule has 0 spiro atoms. The molecular weight excluding hydrogens is 492 g/mol. The lowest BCUT2D eigenvalue weighted by Gasteiger charge is -2.56. The van der Waals surface area contributed by atoms with Gasteiger partial charge in [0.1, 0.15) is 11.9 Å². The Morgan fingerprint density at radius 2 is 1.92 bits per heavy atom. The molecule has 200 valence electrons. The molecule has 4 fully saturated rings. The number of hydrogen-bond acceptors (Lipinski definition) is 10. The van der Waals surface area contributed by atoms with E-state index in [-0.39, 0.29) is 0 Å². The first-order chi connectivity index (χ1) is 18.9. The summed E-state index contributed by atoms with van der Waals surface area (Å²) in [6, 6.07) is 13.2. The Morgan fingerprint density at radius 1 is 1.13 bits per heavy atom. The molecule has 7 heterocycles. The summed E-state index contributed by atoms with van der Waals surface area (Å²) in [6.07, 6.45) is 7.95. The van der Waals surface area contributed by atoms with E-state index in [1.54, 1.807) is 13.3 Å². The number of rotatable bonds is 7. The number of anilines is 2. The number of allylic oxidation sites excluding steroid dienone is 1. The van der Waals surface area contributed by atoms with Crippen LogP contribution in [-0.2, 0) is 6.54 Å². The molecule has 10 heteroatoms. The van der Waals surface area contributed by atoms with Crippen LogP contribution in [0, 0.1) is 11.3 Å². The number of nitrogens with zero attached hydrogens (tertiary/aromatic N) is 7. The summed E-state index contributed by atoms with van der Waals surface area (Å²) in [4.78, 5) is 20.7. The van der Waals surface area contributed by atoms with E-state index in [0.29, 0.717) is 42.3 Å². The van der Waals surface area contributed by atoms with Gasteiger partial charge < -0.3 is 25.4 Å². The van der Waals surface area contributed by atoms with Gasteiger partial charge in [0, 0.05) is 80.6 Å². The number of piperidine rings is 1. The van der Waals surface area contributed by atoms with Crippen LogP contribution in [0.1, 0.15) is 24.6 Å². The summed E-state index contributed by atoms with van der Waals surface area (Å²) < 4.78 is 5.17. The fourth-order valence-electron chi connectivity index (χ4n) is 5.89. The van der Waals surface area contributed by atoms with Crippen molar-refractivity contribution in [3.05, 3.63) is 66.4 Å². The van der Waals surface area contributed by atoms with Gasteiger partial charge in [-0.2, -0.15) is 5.26 Å². The number of piperazine rings is 1. The zero-order valence-electron chi connectivity index (χ0n) is 22.2. The first-order valence-electron chi connectivity index (χ1n) is 13.1. The predicted octanol–water partition coefficient (Wildman–Crippen LogP) is 2.40. The summed E-state index contributed by atoms with van der Waals surface area (Å²) in [5.41, 5.74) is 9.60. The summed E-state index contributed by atoms with van der Waals surface area (Å²) in [7, 11) is 1.63. The Hall–Kier alpha value is -4.20. The number of fused-ring (bicyclic) bond motifs is 2. The van der Waals surface area contributed by atoms with Crippen molar-refractivity contribution in [2.75, 3.05) is 43.1 Å². The molecule has 2 bridgehead atoms. The second-order valence-electron chi connectivity index (χ2n) is 10.9. The average molecular weight is 525 g/mol. The van der Waals surface area contributed by atoms with Gasteiger partial charge >= 0.3 is 0 Å². The average Bonchev–Trinajstić information content (AvgIpc) is 2.96. The predicted molar refractivity (Wildman–Crippen MR) is 149 cm³/mol. The molecule has 0 radical (unpaired) electrons. The Morgan fingerprint density at radius 3 is 2.51 bits per heavy atom. The van der Waals surface area contributed by atoms with Crippen LogP contribution in [0.25, 0.3) is 16.7 Å². The SMILES string of the molecule is COc1ccc(CN2C3CC2CN(c2ccc(-c4cc(N5CC(C)(O)C5)cnc4/C(C#N)=C\N)cn2)C3)cn1. The van der Waals surface area contributed by atoms with E-state index in [4.69, 9.17) is 15.5 Å². The molecule has 7 rings (SSSR count). The van der Waals surface area contributed by atoms with Gasteiger partial charge in [-0.1, -0.05) is 6.07 Å². The maximum Gasteiger partial charge on any atom is 0.212 e. The molecule has 0 aliphatic carbocycles. The number of hydrogen-bond donors (Lipinski definition) is 2. The van der Waals surface area contributed by atoms with Gasteiger partial charge in [-0.15, -0.1) is 0 Å². The van der Waals surface area contributed by atoms with E-state index in [1.165, 1.54) is 18.2 Å². The highest BCUT2D eigenvalue weighted by molar-refractivity contribution is 5.86. The van der Waals surface area contributed by atoms with Gasteiger partial charge in [-0.05, 0) is 37.1 Å². The molecule has 39 heavy (non-hydrogen) atoms. The summed E-state index contributed by atoms with van der Waals surface area (Å²) >= 11 is 0. The number of methoxy groups -OCH3 is 1. The Labute approximate surface area is 228 Å². The molecule has 0 aromatic carbocycles. The lowest BCUT2D eigenvalue weighted by molar-refractivity contribution is -0.00876. The minimum absolute atomic E-state index is 0.305. The quantitative estimate of drug-likeness (QED) is 0.445. The smallest absolute Gasteiger partial charge is 0.212 e. The Balaban J connectivity index is 1.18. The first-order valence-corrected chi connectivity index (χ1v) is 13.1. The fraction of sp³-hybridized carbons (Fsp3) is 0.379. The van der Waals surface area contributed by atoms with E-state index in [0.717, 1.165) is 42.3 Å². The van der Waals surface area contributed by atoms with E-state index in [2.05, 4.69) is 36.8 Å². The second-order valence-corrected chi connectivity index (χ2v) is 10.9. The minimum Gasteiger partial charge on any atom is -0.481 e. The molecule has 4 aliphatic rings. The Bertz CT molecular complexity index is 1410. The van der Waals surface area contributed by atoms with Crippen LogP contribution in [0.5, 0.6) is 5.88 Å². The normalized spacial score (nSPS) is 22.1. The standard InChI is InChI=1S/C29H32N8O2/c1-29(38)17-36(18-29)22-8-25(28(34-13-22)21(9-30)10-31)20-4-5-26(32-12-20)35-15-23-7-24(16-35)37(23)14-19-3-6-27(39-2)33-11-19/h3-6,8-9,11-13,23-24,38H,7,14-18,30H2,1-2H3/b21-9-. The highest BCUT2D eigenvalue weighted by Gasteiger charge is 2.44. The van der Waals surface area contributed by atoms with Crippen LogP contribution < -0.4 is 20.3 Å². The molecule has 3 N–H and O–H groups in total. The number of β-amino-alcohol motifs (C(OH)–C–C–N with tert-alkyl or cyclic N) is 1. The van der Waals surface area contributed by atoms with Crippen LogP contribution in [0.2, 0.25) is 0 Å². The lowest BCUT2D eigenvalue weighted by Crippen LogP contribution is -2.68. The molecule has 0 saturated carbocycles. The van der Waals surface area contributed by atoms with Crippen LogP contribution in [0.15, 0.2) is 55.1 Å². The van der Waals surface area contributed by atoms with E-state index in [1.807, 2.05) is 43.6 Å². The third-order valence-corrected chi connectivity index (χ3v) is 7.94. The molecule has 3 aromatic rings. The first kappa shape index (κ1) is 25.1. The molecule has 4 aliphatic heterocycles. The van der Waals surface area contributed by atoms with Crippen LogP contribution in [0.3, 0.4) is 0 Å². The van der Waals surface area contributed by atoms with Crippen molar-refractivity contribution < 1.29 is 9.84 Å². The molecule has 2 unspecified atom stereocenters. The molecular formula is C29H32N8O2. The highest BCUT2D eigenvalue weighted by atomic mass is 16.5. The largest absolute Gasteiger partial charge is 0.481 e. The zero-order valence-corrected chi connectivity index (χ0v) is 22.2. The van der Waals surface area contributed by atoms with Crippen molar-refractivity contribution in [1.29, 1.82) is 5.26 Å². The fourth-order valence-corrected chi connectivity index (χ4v) is 5.89. The summed E-state index contributed by atoms with van der Waals surface area (Å²) in [5.74, 6) is 1.58. The maximum absolute atomic E-state index is 10.2. The van der Waals surface area contributed by atoms with Crippen molar-refractivity contribution >= 4 is 17.1 Å². The van der Waals surface area contributed by atoms with Gasteiger partial charge in [-0.3, -0.25) is 9.88 Å². The van der Waals surface area contributed by atoms with Crippen molar-refractivity contribution in [3.8, 4) is 23.1 Å². The van der Waals surface area contributed by atoms with Crippen molar-refractivity contribution in [2.45, 2.75) is 37.6 Å². The topological polar surface area (TPSA) is 128 Å². The van der Waals surface area contributed by atoms with Crippen molar-refractivity contribution in [2.24, 2.45) is 5.73 Å². The molecule has 10 nitrogen and oxygen atoms in total. The minimum atomic E-state index is -0.701. The van der Waals surface area contributed by atoms with Gasteiger partial charge in [0.25, 0.3) is 0 Å². The van der Waals surface area contributed by atoms with Crippen LogP contribution in [-0.4, -0.2) is 75.9 Å². The zero-order chi connectivity index (χ0) is 27.1. The second kappa shape index (κ2) is 9.84. The van der Waals surface area contributed by atoms with Gasteiger partial charge in [0.2, 0.25) is 5.88 Å². The number of aliphatic hydroxyl groups is 1. The van der Waals surface area contributed by atoms with Gasteiger partial charge in [-0.25, -0.2) is 9.97 Å². The van der Waals surface area contributed by atoms with Crippen LogP contribution >= 0.6 is 0 Å². The van der Waals surface area contributed by atoms with E-state index < -0.39 is 5.60 Å². The molecule has 3 aromatic heterocycles. The third-order valence-electron chi connectivity index (χ3n) is 7.94.